The molecule has 3 aromatic rings. The maximum atomic E-state index is 13.7. The van der Waals surface area contributed by atoms with Crippen LogP contribution in [0, 0.1) is 0 Å². The van der Waals surface area contributed by atoms with Gasteiger partial charge in [0.2, 0.25) is 20.0 Å². The molecule has 5 rings (SSSR count). The molecule has 42 heavy (non-hydrogen) atoms. The van der Waals surface area contributed by atoms with E-state index in [1.165, 1.54) is 12.1 Å². The molecular weight excluding hydrogens is 592 g/mol. The van der Waals surface area contributed by atoms with Crippen molar-refractivity contribution >= 4 is 49.3 Å². The number of carbonyl (C=O) groups excluding carboxylic acids is 1. The number of aromatic nitrogens is 2. The van der Waals surface area contributed by atoms with Gasteiger partial charge in [0.15, 0.2) is 18.5 Å². The fourth-order valence-electron chi connectivity index (χ4n) is 5.21. The zero-order valence-corrected chi connectivity index (χ0v) is 24.1. The van der Waals surface area contributed by atoms with E-state index in [1.54, 1.807) is 18.2 Å². The van der Waals surface area contributed by atoms with Crippen LogP contribution in [0.3, 0.4) is 0 Å². The van der Waals surface area contributed by atoms with Crippen molar-refractivity contribution in [1.29, 1.82) is 0 Å². The molecule has 226 valence electrons. The highest BCUT2D eigenvalue weighted by Gasteiger charge is 2.39. The number of quaternary nitrogens is 1. The minimum atomic E-state index is -4.60. The maximum Gasteiger partial charge on any atom is 0.287 e. The Morgan fingerprint density at radius 2 is 1.95 bits per heavy atom. The van der Waals surface area contributed by atoms with E-state index in [1.807, 2.05) is 7.05 Å². The largest absolute Gasteiger partial charge is 0.662 e. The number of likely N-dealkylation sites (tertiary alicyclic amines) is 1. The maximum absolute atomic E-state index is 13.7. The number of aromatic amines is 1. The first kappa shape index (κ1) is 31.1. The van der Waals surface area contributed by atoms with E-state index in [-0.39, 0.29) is 30.5 Å². The number of benzene rings is 2. The highest BCUT2D eigenvalue weighted by molar-refractivity contribution is 7.92. The number of azo groups is 1. The van der Waals surface area contributed by atoms with Gasteiger partial charge in [0.25, 0.3) is 6.47 Å². The summed E-state index contributed by atoms with van der Waals surface area (Å²) in [6.45, 7) is 2.22. The zero-order valence-electron chi connectivity index (χ0n) is 22.4. The second-order valence-electron chi connectivity index (χ2n) is 9.89. The molecule has 2 atom stereocenters. The zero-order chi connectivity index (χ0) is 30.7. The topological polar surface area (TPSA) is 273 Å². The fourth-order valence-corrected chi connectivity index (χ4v) is 8.07. The van der Waals surface area contributed by atoms with Gasteiger partial charge < -0.3 is 31.1 Å². The summed E-state index contributed by atoms with van der Waals surface area (Å²) in [7, 11) is -6.93. The fraction of sp³-hybridized carbons (Fsp3) is 0.348. The summed E-state index contributed by atoms with van der Waals surface area (Å²) < 4.78 is 56.7. The van der Waals surface area contributed by atoms with Gasteiger partial charge in [-0.2, -0.15) is 5.11 Å². The highest BCUT2D eigenvalue weighted by Crippen LogP contribution is 2.37. The number of rotatable bonds is 9. The number of hydrogen-bond donors (Lipinski definition) is 5. The van der Waals surface area contributed by atoms with Gasteiger partial charge in [-0.1, -0.05) is 18.2 Å². The Morgan fingerprint density at radius 3 is 2.57 bits per heavy atom. The van der Waals surface area contributed by atoms with Crippen molar-refractivity contribution in [2.75, 3.05) is 45.6 Å². The summed E-state index contributed by atoms with van der Waals surface area (Å²) in [5, 5.41) is 21.9. The standard InChI is InChI=1S/C22H29N10O4S2.CH2O3/c1-32(10-8-23)9-7-13(11-32)31-38(35,36)17-6-5-14(15-3-2-4-16-19(15)29-22(24)28-16)18(20(17)37(25,33)34)21-26-12-27-30-21;2-1-4-3/h2-6,13,31H,7-12,23H2,1H3,(H3,24,28,29)(H2,25,33,34);1,3H/q+1;/p-1/t13-,32?;/m1./s1. The summed E-state index contributed by atoms with van der Waals surface area (Å²) in [6.07, 6.45) is 0.578. The van der Waals surface area contributed by atoms with Crippen LogP contribution in [-0.2, 0) is 29.7 Å². The van der Waals surface area contributed by atoms with Crippen LogP contribution in [0.15, 0.2) is 55.3 Å². The molecule has 1 fully saturated rings. The Balaban J connectivity index is 0.000000952. The lowest BCUT2D eigenvalue weighted by molar-refractivity contribution is -0.896. The second kappa shape index (κ2) is 12.2. The van der Waals surface area contributed by atoms with Crippen molar-refractivity contribution < 1.29 is 36.3 Å². The van der Waals surface area contributed by atoms with E-state index in [9.17, 15) is 16.8 Å². The Hall–Kier alpha value is -3.85. The number of likely N-dealkylation sites (N-methyl/N-ethyl adjacent to an activating group) is 1. The Kier molecular flexibility index (Phi) is 9.01. The number of nitrogens with zero attached hydrogens (tertiary/aromatic N) is 5. The van der Waals surface area contributed by atoms with Crippen molar-refractivity contribution in [3.63, 3.8) is 0 Å². The summed E-state index contributed by atoms with van der Waals surface area (Å²) >= 11 is 0. The van der Waals surface area contributed by atoms with Crippen molar-refractivity contribution in [3.8, 4) is 11.1 Å². The van der Waals surface area contributed by atoms with Crippen LogP contribution in [0.5, 0.6) is 0 Å². The Morgan fingerprint density at radius 1 is 1.21 bits per heavy atom. The molecule has 0 radical (unpaired) electrons. The van der Waals surface area contributed by atoms with E-state index in [4.69, 9.17) is 26.7 Å². The van der Waals surface area contributed by atoms with Crippen LogP contribution in [0.25, 0.3) is 22.2 Å². The SMILES string of the molecule is C[N+]1(CCN)CC[C@@H](NS(=O)(=O)c2ccc(-c3cccc4[nH]c(N)nc34)c(C3=NCN=N3)c2S(N)(=O)=O)C1.O=CO[O-]. The number of anilines is 1. The average Bonchev–Trinajstić information content (AvgIpc) is 3.67. The number of nitrogen functional groups attached to an aromatic ring is 1. The lowest BCUT2D eigenvalue weighted by atomic mass is 9.97. The molecule has 0 saturated carbocycles. The molecule has 1 saturated heterocycles. The summed E-state index contributed by atoms with van der Waals surface area (Å²) in [4.78, 5) is 21.6. The van der Waals surface area contributed by atoms with E-state index in [0.29, 0.717) is 52.7 Å². The molecule has 2 aliphatic heterocycles. The van der Waals surface area contributed by atoms with Gasteiger partial charge >= 0.3 is 0 Å². The molecule has 2 aliphatic rings. The molecule has 3 heterocycles. The first-order chi connectivity index (χ1) is 19.8. The molecule has 19 heteroatoms. The van der Waals surface area contributed by atoms with Gasteiger partial charge in [0, 0.05) is 18.5 Å². The highest BCUT2D eigenvalue weighted by atomic mass is 32.2. The molecule has 8 N–H and O–H groups in total. The van der Waals surface area contributed by atoms with Gasteiger partial charge in [0.05, 0.1) is 49.3 Å². The van der Waals surface area contributed by atoms with Crippen molar-refractivity contribution in [2.45, 2.75) is 22.3 Å². The van der Waals surface area contributed by atoms with E-state index in [2.05, 4.69) is 34.8 Å². The van der Waals surface area contributed by atoms with E-state index >= 15 is 0 Å². The number of aliphatic imine (C=N–C) groups is 1. The molecule has 1 unspecified atom stereocenters. The minimum Gasteiger partial charge on any atom is -0.662 e. The average molecular weight is 623 g/mol. The van der Waals surface area contributed by atoms with Crippen LogP contribution in [0.4, 0.5) is 5.95 Å². The Bertz CT molecular complexity index is 1770. The van der Waals surface area contributed by atoms with Crippen molar-refractivity contribution in [3.05, 3.63) is 35.9 Å². The third-order valence-electron chi connectivity index (χ3n) is 6.90. The number of hydrogen-bond acceptors (Lipinski definition) is 13. The number of imidazole rings is 1. The van der Waals surface area contributed by atoms with Gasteiger partial charge in [-0.3, -0.25) is 4.79 Å². The third-order valence-corrected chi connectivity index (χ3v) is 9.58. The number of carbonyl (C=O) groups is 1. The van der Waals surface area contributed by atoms with Crippen molar-refractivity contribution in [2.24, 2.45) is 26.1 Å². The summed E-state index contributed by atoms with van der Waals surface area (Å²) in [5.41, 5.74) is 13.4. The van der Waals surface area contributed by atoms with Crippen molar-refractivity contribution in [1.82, 2.24) is 14.7 Å². The van der Waals surface area contributed by atoms with Gasteiger partial charge in [-0.25, -0.2) is 36.7 Å². The van der Waals surface area contributed by atoms with E-state index in [0.717, 1.165) is 6.54 Å². The smallest absolute Gasteiger partial charge is 0.287 e. The van der Waals surface area contributed by atoms with Crippen LogP contribution >= 0.6 is 0 Å². The predicted octanol–water partition coefficient (Wildman–Crippen LogP) is -1.48. The molecule has 0 spiro atoms. The van der Waals surface area contributed by atoms with Crippen LogP contribution in [0.1, 0.15) is 12.0 Å². The first-order valence-corrected chi connectivity index (χ1v) is 15.5. The first-order valence-electron chi connectivity index (χ1n) is 12.5. The van der Waals surface area contributed by atoms with E-state index < -0.39 is 35.9 Å². The molecule has 0 bridgehead atoms. The number of nitrogens with two attached hydrogens (primary N) is 3. The van der Waals surface area contributed by atoms with Crippen LogP contribution in [0.2, 0.25) is 0 Å². The normalized spacial score (nSPS) is 20.3. The van der Waals surface area contributed by atoms with Gasteiger partial charge in [0.1, 0.15) is 9.79 Å². The minimum absolute atomic E-state index is 0.0344. The van der Waals surface area contributed by atoms with Crippen LogP contribution in [-0.4, -0.2) is 89.5 Å². The third kappa shape index (κ3) is 6.46. The lowest BCUT2D eigenvalue weighted by Gasteiger charge is -2.29. The number of primary sulfonamides is 1. The van der Waals surface area contributed by atoms with Crippen LogP contribution < -0.4 is 26.6 Å². The number of nitrogens with one attached hydrogen (secondary N) is 2. The summed E-state index contributed by atoms with van der Waals surface area (Å²) in [5.74, 6) is 0.119. The molecule has 0 aliphatic carbocycles. The Labute approximate surface area is 241 Å². The number of amidine groups is 1. The van der Waals surface area contributed by atoms with Gasteiger partial charge in [-0.15, -0.1) is 5.11 Å². The number of fused-ring (bicyclic) bond motifs is 1. The number of H-pyrrole nitrogens is 1. The molecule has 17 nitrogen and oxygen atoms in total. The van der Waals surface area contributed by atoms with Gasteiger partial charge in [-0.05, 0) is 17.7 Å². The predicted molar refractivity (Wildman–Crippen MR) is 149 cm³/mol. The molecular formula is C23H30N10O7S2. The number of para-hydroxylation sites is 1. The monoisotopic (exact) mass is 622 g/mol. The molecule has 1 aromatic heterocycles. The second-order valence-corrected chi connectivity index (χ2v) is 13.1. The molecule has 2 aromatic carbocycles. The molecule has 0 amide bonds. The lowest BCUT2D eigenvalue weighted by Crippen LogP contribution is -2.48. The quantitative estimate of drug-likeness (QED) is 0.0798. The summed E-state index contributed by atoms with van der Waals surface area (Å²) in [6, 6.07) is 7.52. The number of sulfonamides is 2.